The number of para-hydroxylation sites is 1. The van der Waals surface area contributed by atoms with Crippen LogP contribution in [0.3, 0.4) is 0 Å². The second kappa shape index (κ2) is 7.28. The Labute approximate surface area is 168 Å². The van der Waals surface area contributed by atoms with Crippen LogP contribution in [0.5, 0.6) is 0 Å². The molecular weight excluding hydrogens is 364 g/mol. The van der Waals surface area contributed by atoms with E-state index < -0.39 is 0 Å². The fourth-order valence-corrected chi connectivity index (χ4v) is 5.49. The summed E-state index contributed by atoms with van der Waals surface area (Å²) in [4.78, 5) is 18.9. The molecule has 0 bridgehead atoms. The largest absolute Gasteiger partial charge is 0.358 e. The Kier molecular flexibility index (Phi) is 4.49. The predicted molar refractivity (Wildman–Crippen MR) is 113 cm³/mol. The van der Waals surface area contributed by atoms with Gasteiger partial charge in [-0.05, 0) is 29.3 Å². The molecule has 2 heterocycles. The van der Waals surface area contributed by atoms with Crippen LogP contribution >= 0.6 is 11.8 Å². The van der Waals surface area contributed by atoms with E-state index in [1.165, 1.54) is 5.56 Å². The first-order valence-electron chi connectivity index (χ1n) is 9.51. The van der Waals surface area contributed by atoms with Crippen molar-refractivity contribution in [3.8, 4) is 0 Å². The van der Waals surface area contributed by atoms with Crippen molar-refractivity contribution in [2.75, 3.05) is 5.32 Å². The van der Waals surface area contributed by atoms with E-state index in [1.54, 1.807) is 18.0 Å². The Hall–Kier alpha value is -2.85. The summed E-state index contributed by atoms with van der Waals surface area (Å²) in [7, 11) is 0. The van der Waals surface area contributed by atoms with Crippen molar-refractivity contribution < 1.29 is 4.79 Å². The van der Waals surface area contributed by atoms with Crippen LogP contribution in [0.15, 0.2) is 95.8 Å². The molecule has 0 spiro atoms. The summed E-state index contributed by atoms with van der Waals surface area (Å²) in [5.41, 5.74) is 4.35. The number of anilines is 1. The van der Waals surface area contributed by atoms with Crippen LogP contribution in [0.4, 0.5) is 5.69 Å². The number of carbonyl (C=O) groups is 1. The van der Waals surface area contributed by atoms with E-state index in [4.69, 9.17) is 0 Å². The van der Waals surface area contributed by atoms with Crippen LogP contribution < -0.4 is 5.32 Å². The second-order valence-corrected chi connectivity index (χ2v) is 8.42. The molecule has 0 saturated heterocycles. The van der Waals surface area contributed by atoms with Gasteiger partial charge in [0.05, 0.1) is 16.9 Å². The maximum absolute atomic E-state index is 13.4. The molecule has 0 fully saturated rings. The highest BCUT2D eigenvalue weighted by Gasteiger charge is 2.40. The maximum Gasteiger partial charge on any atom is 0.144 e. The van der Waals surface area contributed by atoms with Crippen molar-refractivity contribution >= 4 is 23.2 Å². The number of benzene rings is 2. The first-order valence-corrected chi connectivity index (χ1v) is 10.4. The summed E-state index contributed by atoms with van der Waals surface area (Å²) in [5, 5.41) is 3.60. The first kappa shape index (κ1) is 17.3. The molecule has 2 aromatic carbocycles. The average Bonchev–Trinajstić information content (AvgIpc) is 2.92. The predicted octanol–water partition coefficient (Wildman–Crippen LogP) is 5.60. The van der Waals surface area contributed by atoms with Gasteiger partial charge in [0, 0.05) is 35.3 Å². The zero-order valence-electron chi connectivity index (χ0n) is 15.3. The van der Waals surface area contributed by atoms with Gasteiger partial charge in [-0.15, -0.1) is 11.8 Å². The van der Waals surface area contributed by atoms with Crippen molar-refractivity contribution in [1.82, 2.24) is 4.98 Å². The van der Waals surface area contributed by atoms with Gasteiger partial charge in [-0.1, -0.05) is 54.6 Å². The summed E-state index contributed by atoms with van der Waals surface area (Å²) >= 11 is 1.75. The smallest absolute Gasteiger partial charge is 0.144 e. The molecule has 4 heteroatoms. The third-order valence-electron chi connectivity index (χ3n) is 5.45. The lowest BCUT2D eigenvalue weighted by Gasteiger charge is -2.31. The molecule has 3 atom stereocenters. The van der Waals surface area contributed by atoms with E-state index in [9.17, 15) is 4.79 Å². The van der Waals surface area contributed by atoms with Gasteiger partial charge in [0.15, 0.2) is 0 Å². The average molecular weight is 385 g/mol. The van der Waals surface area contributed by atoms with Gasteiger partial charge < -0.3 is 5.32 Å². The molecule has 0 amide bonds. The van der Waals surface area contributed by atoms with Gasteiger partial charge >= 0.3 is 0 Å². The molecule has 2 aliphatic rings. The molecule has 1 aliphatic carbocycles. The zero-order valence-corrected chi connectivity index (χ0v) is 16.1. The lowest BCUT2D eigenvalue weighted by molar-refractivity contribution is -0.122. The van der Waals surface area contributed by atoms with E-state index in [0.717, 1.165) is 21.8 Å². The molecule has 5 rings (SSSR count). The number of allylic oxidation sites excluding steroid dienone is 2. The zero-order chi connectivity index (χ0) is 18.9. The highest BCUT2D eigenvalue weighted by Crippen LogP contribution is 2.51. The highest BCUT2D eigenvalue weighted by atomic mass is 32.2. The molecule has 1 aromatic heterocycles. The van der Waals surface area contributed by atoms with Crippen molar-refractivity contribution in [2.45, 2.75) is 22.5 Å². The summed E-state index contributed by atoms with van der Waals surface area (Å²) < 4.78 is 0. The third kappa shape index (κ3) is 3.14. The molecule has 3 aromatic rings. The normalized spacial score (nSPS) is 23.6. The topological polar surface area (TPSA) is 42.0 Å². The highest BCUT2D eigenvalue weighted by molar-refractivity contribution is 7.99. The maximum atomic E-state index is 13.4. The van der Waals surface area contributed by atoms with Gasteiger partial charge in [-0.2, -0.15) is 0 Å². The van der Waals surface area contributed by atoms with E-state index >= 15 is 0 Å². The number of fused-ring (bicyclic) bond motifs is 2. The molecule has 138 valence electrons. The van der Waals surface area contributed by atoms with E-state index in [0.29, 0.717) is 6.42 Å². The summed E-state index contributed by atoms with van der Waals surface area (Å²) in [5.74, 6) is 0.201. The van der Waals surface area contributed by atoms with E-state index in [1.807, 2.05) is 42.6 Å². The van der Waals surface area contributed by atoms with Gasteiger partial charge in [0.1, 0.15) is 5.78 Å². The van der Waals surface area contributed by atoms with Crippen molar-refractivity contribution in [1.29, 1.82) is 0 Å². The molecule has 0 saturated carbocycles. The van der Waals surface area contributed by atoms with Gasteiger partial charge in [-0.3, -0.25) is 9.78 Å². The van der Waals surface area contributed by atoms with Gasteiger partial charge in [0.25, 0.3) is 0 Å². The van der Waals surface area contributed by atoms with Crippen LogP contribution in [-0.2, 0) is 4.79 Å². The Morgan fingerprint density at radius 2 is 1.71 bits per heavy atom. The minimum absolute atomic E-state index is 0.0142. The number of carbonyl (C=O) groups excluding carboxylic acids is 1. The van der Waals surface area contributed by atoms with Crippen LogP contribution in [0, 0.1) is 5.92 Å². The fraction of sp³-hybridized carbons (Fsp3) is 0.167. The number of thioether (sulfide) groups is 1. The minimum atomic E-state index is -0.193. The molecule has 0 radical (unpaired) electrons. The number of ketones is 1. The van der Waals surface area contributed by atoms with E-state index in [-0.39, 0.29) is 22.9 Å². The SMILES string of the molecule is O=C1C[C@@H](c2ccccc2)C=C2Nc3ccccc3S[C@H](c3cccnc3)[C@@H]12. The summed E-state index contributed by atoms with van der Waals surface area (Å²) in [6.45, 7) is 0. The molecule has 1 aliphatic heterocycles. The summed E-state index contributed by atoms with van der Waals surface area (Å²) in [6.07, 6.45) is 6.46. The number of nitrogens with zero attached hydrogens (tertiary/aromatic N) is 1. The second-order valence-electron chi connectivity index (χ2n) is 7.23. The summed E-state index contributed by atoms with van der Waals surface area (Å²) in [6, 6.07) is 22.6. The molecule has 0 unspecified atom stereocenters. The Morgan fingerprint density at radius 1 is 0.929 bits per heavy atom. The van der Waals surface area contributed by atoms with Crippen molar-refractivity contribution in [3.05, 3.63) is 102 Å². The molecular formula is C24H20N2OS. The van der Waals surface area contributed by atoms with Gasteiger partial charge in [-0.25, -0.2) is 0 Å². The molecule has 1 N–H and O–H groups in total. The quantitative estimate of drug-likeness (QED) is 0.625. The van der Waals surface area contributed by atoms with Crippen LogP contribution in [-0.4, -0.2) is 10.8 Å². The van der Waals surface area contributed by atoms with Gasteiger partial charge in [0.2, 0.25) is 0 Å². The van der Waals surface area contributed by atoms with Crippen molar-refractivity contribution in [2.24, 2.45) is 5.92 Å². The van der Waals surface area contributed by atoms with Crippen LogP contribution in [0.2, 0.25) is 0 Å². The molecule has 28 heavy (non-hydrogen) atoms. The standard InChI is InChI=1S/C24H20N2OS/c27-21-14-18(16-7-2-1-3-8-16)13-20-23(21)24(17-9-6-12-25-15-17)28-22-11-5-4-10-19(22)26-20/h1-13,15,18,23-24,26H,14H2/t18-,23+,24+/m0/s1. The number of pyridine rings is 1. The van der Waals surface area contributed by atoms with Crippen LogP contribution in [0.25, 0.3) is 0 Å². The Balaban J connectivity index is 1.63. The number of hydrogen-bond acceptors (Lipinski definition) is 4. The minimum Gasteiger partial charge on any atom is -0.358 e. The van der Waals surface area contributed by atoms with Crippen molar-refractivity contribution in [3.63, 3.8) is 0 Å². The molecule has 3 nitrogen and oxygen atoms in total. The first-order chi connectivity index (χ1) is 13.8. The number of aromatic nitrogens is 1. The fourth-order valence-electron chi connectivity index (χ4n) is 4.10. The number of rotatable bonds is 2. The van der Waals surface area contributed by atoms with E-state index in [2.05, 4.69) is 46.7 Å². The Morgan fingerprint density at radius 3 is 2.54 bits per heavy atom. The van der Waals surface area contributed by atoms with Crippen LogP contribution in [0.1, 0.15) is 28.7 Å². The number of Topliss-reactive ketones (excluding diaryl/α,β-unsaturated/α-hetero) is 1. The number of nitrogens with one attached hydrogen (secondary N) is 1. The third-order valence-corrected chi connectivity index (χ3v) is 6.86. The number of hydrogen-bond donors (Lipinski definition) is 1. The lowest BCUT2D eigenvalue weighted by atomic mass is 9.78. The monoisotopic (exact) mass is 384 g/mol. The Bertz CT molecular complexity index is 1030. The lowest BCUT2D eigenvalue weighted by Crippen LogP contribution is -2.30.